The molecule has 2 heterocycles. The molecule has 6 nitrogen and oxygen atoms in total. The van der Waals surface area contributed by atoms with Gasteiger partial charge < -0.3 is 20.9 Å². The molecule has 3 aromatic rings. The minimum Gasteiger partial charge on any atom is -0.398 e. The third kappa shape index (κ3) is 3.89. The SMILES string of the molecule is CC(=N)c1c(N)ccc2nc(-c3ccc(C(=O)N4CCN(C)CC4)cc3)c3c(c12)CCCC3. The Morgan fingerprint density at radius 2 is 1.64 bits per heavy atom. The molecule has 0 radical (unpaired) electrons. The number of amides is 1. The first-order valence-electron chi connectivity index (χ1n) is 11.8. The normalized spacial score (nSPS) is 16.6. The second-order valence-electron chi connectivity index (χ2n) is 9.35. The molecule has 1 aromatic heterocycles. The smallest absolute Gasteiger partial charge is 0.253 e. The number of aromatic nitrogens is 1. The van der Waals surface area contributed by atoms with Crippen LogP contribution < -0.4 is 5.73 Å². The number of benzene rings is 2. The van der Waals surface area contributed by atoms with E-state index in [-0.39, 0.29) is 5.91 Å². The van der Waals surface area contributed by atoms with E-state index in [0.29, 0.717) is 11.4 Å². The van der Waals surface area contributed by atoms with Gasteiger partial charge in [0.2, 0.25) is 0 Å². The highest BCUT2D eigenvalue weighted by Crippen LogP contribution is 2.38. The van der Waals surface area contributed by atoms with E-state index in [1.54, 1.807) is 6.92 Å². The molecule has 6 heteroatoms. The van der Waals surface area contributed by atoms with Gasteiger partial charge in [0, 0.05) is 59.7 Å². The van der Waals surface area contributed by atoms with Gasteiger partial charge in [0.15, 0.2) is 0 Å². The summed E-state index contributed by atoms with van der Waals surface area (Å²) in [7, 11) is 2.09. The van der Waals surface area contributed by atoms with Gasteiger partial charge in [-0.3, -0.25) is 4.79 Å². The Kier molecular flexibility index (Phi) is 5.62. The number of fused-ring (bicyclic) bond motifs is 3. The number of rotatable bonds is 3. The number of hydrogen-bond acceptors (Lipinski definition) is 5. The molecule has 0 spiro atoms. The van der Waals surface area contributed by atoms with Crippen LogP contribution in [0.25, 0.3) is 22.2 Å². The van der Waals surface area contributed by atoms with E-state index in [2.05, 4.69) is 11.9 Å². The molecule has 2 aromatic carbocycles. The Bertz CT molecular complexity index is 1240. The van der Waals surface area contributed by atoms with Crippen molar-refractivity contribution in [2.45, 2.75) is 32.6 Å². The Labute approximate surface area is 194 Å². The Balaban J connectivity index is 1.56. The molecule has 3 N–H and O–H groups in total. The van der Waals surface area contributed by atoms with Crippen LogP contribution in [0.4, 0.5) is 5.69 Å². The number of hydrogen-bond donors (Lipinski definition) is 2. The predicted molar refractivity (Wildman–Crippen MR) is 134 cm³/mol. The second-order valence-corrected chi connectivity index (χ2v) is 9.35. The number of carbonyl (C=O) groups excluding carboxylic acids is 1. The van der Waals surface area contributed by atoms with Crippen molar-refractivity contribution in [3.05, 3.63) is 58.7 Å². The van der Waals surface area contributed by atoms with Crippen LogP contribution in [-0.2, 0) is 12.8 Å². The largest absolute Gasteiger partial charge is 0.398 e. The molecule has 170 valence electrons. The fourth-order valence-electron chi connectivity index (χ4n) is 5.24. The van der Waals surface area contributed by atoms with Crippen molar-refractivity contribution in [1.29, 1.82) is 5.41 Å². The molecular formula is C27H31N5O. The molecule has 1 aliphatic carbocycles. The van der Waals surface area contributed by atoms with E-state index in [4.69, 9.17) is 16.1 Å². The first kappa shape index (κ1) is 21.6. The van der Waals surface area contributed by atoms with E-state index in [1.165, 1.54) is 11.1 Å². The molecule has 5 rings (SSSR count). The Morgan fingerprint density at radius 3 is 2.30 bits per heavy atom. The zero-order chi connectivity index (χ0) is 23.1. The first-order valence-corrected chi connectivity index (χ1v) is 11.8. The molecule has 0 bridgehead atoms. The minimum atomic E-state index is 0.102. The van der Waals surface area contributed by atoms with Gasteiger partial charge in [0.1, 0.15) is 0 Å². The summed E-state index contributed by atoms with van der Waals surface area (Å²) in [5.41, 5.74) is 14.4. The summed E-state index contributed by atoms with van der Waals surface area (Å²) in [6.45, 7) is 5.17. The summed E-state index contributed by atoms with van der Waals surface area (Å²) < 4.78 is 0. The van der Waals surface area contributed by atoms with Crippen molar-refractivity contribution in [2.75, 3.05) is 39.0 Å². The monoisotopic (exact) mass is 441 g/mol. The number of likely N-dealkylation sites (N-methyl/N-ethyl adjacent to an activating group) is 1. The highest BCUT2D eigenvalue weighted by atomic mass is 16.2. The van der Waals surface area contributed by atoms with Gasteiger partial charge in [-0.15, -0.1) is 0 Å². The summed E-state index contributed by atoms with van der Waals surface area (Å²) in [5.74, 6) is 0.102. The number of nitrogens with zero attached hydrogens (tertiary/aromatic N) is 3. The summed E-state index contributed by atoms with van der Waals surface area (Å²) in [4.78, 5) is 22.2. The van der Waals surface area contributed by atoms with Crippen LogP contribution in [0.3, 0.4) is 0 Å². The maximum atomic E-state index is 13.0. The lowest BCUT2D eigenvalue weighted by molar-refractivity contribution is 0.0664. The van der Waals surface area contributed by atoms with Crippen molar-refractivity contribution in [3.8, 4) is 11.3 Å². The quantitative estimate of drug-likeness (QED) is 0.472. The van der Waals surface area contributed by atoms with Gasteiger partial charge in [-0.2, -0.15) is 0 Å². The van der Waals surface area contributed by atoms with Gasteiger partial charge in [0.05, 0.1) is 11.2 Å². The lowest BCUT2D eigenvalue weighted by atomic mass is 9.84. The molecule has 1 aliphatic heterocycles. The fraction of sp³-hybridized carbons (Fsp3) is 0.370. The number of nitrogens with one attached hydrogen (secondary N) is 1. The fourth-order valence-corrected chi connectivity index (χ4v) is 5.24. The molecular weight excluding hydrogens is 410 g/mol. The van der Waals surface area contributed by atoms with E-state index < -0.39 is 0 Å². The van der Waals surface area contributed by atoms with Crippen molar-refractivity contribution in [2.24, 2.45) is 0 Å². The standard InChI is InChI=1S/C27H31N5O/c1-17(28)24-22(29)11-12-23-25(24)20-5-3-4-6-21(20)26(30-23)18-7-9-19(10-8-18)27(33)32-15-13-31(2)14-16-32/h7-12,28H,3-6,13-16,29H2,1-2H3. The third-order valence-electron chi connectivity index (χ3n) is 7.07. The number of nitrogen functional groups attached to an aromatic ring is 1. The summed E-state index contributed by atoms with van der Waals surface area (Å²) in [6, 6.07) is 11.8. The number of nitrogens with two attached hydrogens (primary N) is 1. The van der Waals surface area contributed by atoms with E-state index >= 15 is 0 Å². The van der Waals surface area contributed by atoms with E-state index in [0.717, 1.165) is 85.1 Å². The topological polar surface area (TPSA) is 86.3 Å². The van der Waals surface area contributed by atoms with Crippen LogP contribution in [0, 0.1) is 5.41 Å². The Morgan fingerprint density at radius 1 is 0.970 bits per heavy atom. The van der Waals surface area contributed by atoms with Crippen LogP contribution >= 0.6 is 0 Å². The third-order valence-corrected chi connectivity index (χ3v) is 7.07. The van der Waals surface area contributed by atoms with Crippen LogP contribution in [0.2, 0.25) is 0 Å². The van der Waals surface area contributed by atoms with Crippen molar-refractivity contribution in [1.82, 2.24) is 14.8 Å². The minimum absolute atomic E-state index is 0.102. The molecule has 0 saturated carbocycles. The van der Waals surface area contributed by atoms with Crippen molar-refractivity contribution in [3.63, 3.8) is 0 Å². The van der Waals surface area contributed by atoms with Crippen LogP contribution in [-0.4, -0.2) is 59.6 Å². The van der Waals surface area contributed by atoms with Gasteiger partial charge in [0.25, 0.3) is 5.91 Å². The molecule has 1 fully saturated rings. The second kappa shape index (κ2) is 8.60. The molecule has 2 aliphatic rings. The molecule has 33 heavy (non-hydrogen) atoms. The summed E-state index contributed by atoms with van der Waals surface area (Å²) in [5, 5.41) is 9.35. The maximum absolute atomic E-state index is 13.0. The van der Waals surface area contributed by atoms with E-state index in [9.17, 15) is 4.79 Å². The molecule has 1 amide bonds. The number of aryl methyl sites for hydroxylation is 1. The molecule has 1 saturated heterocycles. The lowest BCUT2D eigenvalue weighted by Crippen LogP contribution is -2.47. The number of pyridine rings is 1. The van der Waals surface area contributed by atoms with Gasteiger partial charge in [-0.25, -0.2) is 4.98 Å². The van der Waals surface area contributed by atoms with Gasteiger partial charge in [-0.1, -0.05) is 12.1 Å². The van der Waals surface area contributed by atoms with Gasteiger partial charge in [-0.05, 0) is 75.0 Å². The lowest BCUT2D eigenvalue weighted by Gasteiger charge is -2.32. The zero-order valence-corrected chi connectivity index (χ0v) is 19.4. The molecule has 0 unspecified atom stereocenters. The summed E-state index contributed by atoms with van der Waals surface area (Å²) in [6.07, 6.45) is 4.22. The van der Waals surface area contributed by atoms with Crippen LogP contribution in [0.5, 0.6) is 0 Å². The van der Waals surface area contributed by atoms with Crippen molar-refractivity contribution < 1.29 is 4.79 Å². The van der Waals surface area contributed by atoms with Crippen LogP contribution in [0.15, 0.2) is 36.4 Å². The van der Waals surface area contributed by atoms with Crippen LogP contribution in [0.1, 0.15) is 46.8 Å². The highest BCUT2D eigenvalue weighted by molar-refractivity contribution is 6.13. The van der Waals surface area contributed by atoms with Gasteiger partial charge >= 0.3 is 0 Å². The predicted octanol–water partition coefficient (Wildman–Crippen LogP) is 4.14. The van der Waals surface area contributed by atoms with Crippen molar-refractivity contribution >= 4 is 28.2 Å². The average molecular weight is 442 g/mol. The van der Waals surface area contributed by atoms with E-state index in [1.807, 2.05) is 41.3 Å². The average Bonchev–Trinajstić information content (AvgIpc) is 2.83. The number of carbonyl (C=O) groups is 1. The zero-order valence-electron chi connectivity index (χ0n) is 19.4. The maximum Gasteiger partial charge on any atom is 0.253 e. The molecule has 0 atom stereocenters. The highest BCUT2D eigenvalue weighted by Gasteiger charge is 2.24. The number of anilines is 1. The first-order chi connectivity index (χ1) is 15.9. The summed E-state index contributed by atoms with van der Waals surface area (Å²) >= 11 is 0. The Hall–Kier alpha value is -3.25. The number of piperazine rings is 1.